The molecule has 3 aromatic rings. The number of amides is 2. The lowest BCUT2D eigenvalue weighted by Gasteiger charge is -2.17. The minimum atomic E-state index is -0.209. The van der Waals surface area contributed by atoms with Gasteiger partial charge in [0.25, 0.3) is 0 Å². The molecule has 0 saturated carbocycles. The molecule has 1 N–H and O–H groups in total. The van der Waals surface area contributed by atoms with Gasteiger partial charge in [0.05, 0.1) is 12.2 Å². The fourth-order valence-electron chi connectivity index (χ4n) is 2.58. The van der Waals surface area contributed by atoms with Crippen LogP contribution in [0.4, 0.5) is 4.79 Å². The summed E-state index contributed by atoms with van der Waals surface area (Å²) in [6, 6.07) is 3.53. The van der Waals surface area contributed by atoms with Crippen LogP contribution in [0.1, 0.15) is 23.7 Å². The number of hydrogen-bond donors (Lipinski definition) is 1. The number of carbonyl (C=O) groups is 1. The minimum Gasteiger partial charge on any atom is -0.337 e. The Kier molecular flexibility index (Phi) is 5.74. The Labute approximate surface area is 156 Å². The van der Waals surface area contributed by atoms with E-state index < -0.39 is 0 Å². The standard InChI is InChI=1S/C17H22N8O2/c1-12-10-13(2)25(22-12)9-5-8-24(3)17(26)20-11-14-21-16(23-27-14)15-18-6-4-7-19-15/h4,6-7,10H,5,8-9,11H2,1-3H3,(H,20,26). The summed E-state index contributed by atoms with van der Waals surface area (Å²) >= 11 is 0. The van der Waals surface area contributed by atoms with Crippen molar-refractivity contribution < 1.29 is 9.32 Å². The van der Waals surface area contributed by atoms with E-state index in [2.05, 4.69) is 30.5 Å². The van der Waals surface area contributed by atoms with Gasteiger partial charge in [-0.05, 0) is 32.4 Å². The Morgan fingerprint density at radius 3 is 2.74 bits per heavy atom. The Balaban J connectivity index is 1.43. The highest BCUT2D eigenvalue weighted by Crippen LogP contribution is 2.09. The Morgan fingerprint density at radius 2 is 2.04 bits per heavy atom. The van der Waals surface area contributed by atoms with Crippen molar-refractivity contribution in [2.45, 2.75) is 33.4 Å². The summed E-state index contributed by atoms with van der Waals surface area (Å²) in [7, 11) is 1.74. The molecule has 10 nitrogen and oxygen atoms in total. The number of aryl methyl sites for hydroxylation is 3. The second kappa shape index (κ2) is 8.39. The van der Waals surface area contributed by atoms with Gasteiger partial charge in [-0.3, -0.25) is 4.68 Å². The van der Waals surface area contributed by atoms with Crippen molar-refractivity contribution in [1.82, 2.24) is 40.1 Å². The fourth-order valence-corrected chi connectivity index (χ4v) is 2.58. The number of nitrogens with one attached hydrogen (secondary N) is 1. The molecule has 0 atom stereocenters. The van der Waals surface area contributed by atoms with Gasteiger partial charge in [-0.15, -0.1) is 0 Å². The second-order valence-electron chi connectivity index (χ2n) is 6.17. The molecule has 0 aliphatic carbocycles. The topological polar surface area (TPSA) is 115 Å². The van der Waals surface area contributed by atoms with Crippen LogP contribution in [0.2, 0.25) is 0 Å². The normalized spacial score (nSPS) is 10.8. The first-order valence-corrected chi connectivity index (χ1v) is 8.63. The molecular formula is C17H22N8O2. The van der Waals surface area contributed by atoms with Crippen molar-refractivity contribution in [2.75, 3.05) is 13.6 Å². The number of nitrogens with zero attached hydrogens (tertiary/aromatic N) is 7. The molecule has 0 unspecified atom stereocenters. The number of carbonyl (C=O) groups excluding carboxylic acids is 1. The van der Waals surface area contributed by atoms with E-state index in [1.165, 1.54) is 0 Å². The molecule has 3 rings (SSSR count). The monoisotopic (exact) mass is 370 g/mol. The van der Waals surface area contributed by atoms with Crippen LogP contribution in [-0.4, -0.2) is 54.4 Å². The zero-order valence-corrected chi connectivity index (χ0v) is 15.6. The van der Waals surface area contributed by atoms with Crippen molar-refractivity contribution in [3.8, 4) is 11.6 Å². The van der Waals surface area contributed by atoms with Gasteiger partial charge in [0.15, 0.2) is 0 Å². The van der Waals surface area contributed by atoms with E-state index in [0.717, 1.165) is 24.4 Å². The molecule has 0 aliphatic heterocycles. The van der Waals surface area contributed by atoms with Crippen molar-refractivity contribution in [3.05, 3.63) is 41.8 Å². The number of rotatable bonds is 7. The van der Waals surface area contributed by atoms with Crippen molar-refractivity contribution in [2.24, 2.45) is 0 Å². The van der Waals surface area contributed by atoms with Gasteiger partial charge in [0.2, 0.25) is 17.5 Å². The SMILES string of the molecule is Cc1cc(C)n(CCCN(C)C(=O)NCc2nc(-c3ncccn3)no2)n1. The predicted molar refractivity (Wildman–Crippen MR) is 96.5 cm³/mol. The van der Waals surface area contributed by atoms with E-state index in [9.17, 15) is 4.79 Å². The van der Waals surface area contributed by atoms with Crippen LogP contribution in [0.15, 0.2) is 29.0 Å². The quantitative estimate of drug-likeness (QED) is 0.671. The van der Waals surface area contributed by atoms with Crippen molar-refractivity contribution in [3.63, 3.8) is 0 Å². The van der Waals surface area contributed by atoms with Crippen LogP contribution < -0.4 is 5.32 Å². The molecule has 10 heteroatoms. The highest BCUT2D eigenvalue weighted by molar-refractivity contribution is 5.73. The van der Waals surface area contributed by atoms with Gasteiger partial charge in [-0.2, -0.15) is 10.1 Å². The minimum absolute atomic E-state index is 0.139. The maximum Gasteiger partial charge on any atom is 0.317 e. The first-order valence-electron chi connectivity index (χ1n) is 8.63. The highest BCUT2D eigenvalue weighted by Gasteiger charge is 2.13. The maximum atomic E-state index is 12.2. The fraction of sp³-hybridized carbons (Fsp3) is 0.412. The van der Waals surface area contributed by atoms with Gasteiger partial charge in [-0.1, -0.05) is 5.16 Å². The molecule has 142 valence electrons. The second-order valence-corrected chi connectivity index (χ2v) is 6.17. The van der Waals surface area contributed by atoms with Crippen LogP contribution in [0.5, 0.6) is 0 Å². The third-order valence-corrected chi connectivity index (χ3v) is 3.94. The first kappa shape index (κ1) is 18.5. The van der Waals surface area contributed by atoms with Crippen LogP contribution in [0.3, 0.4) is 0 Å². The Morgan fingerprint density at radius 1 is 1.26 bits per heavy atom. The molecule has 0 saturated heterocycles. The lowest BCUT2D eigenvalue weighted by molar-refractivity contribution is 0.205. The molecule has 0 spiro atoms. The smallest absolute Gasteiger partial charge is 0.317 e. The molecule has 27 heavy (non-hydrogen) atoms. The van der Waals surface area contributed by atoms with E-state index >= 15 is 0 Å². The summed E-state index contributed by atoms with van der Waals surface area (Å²) in [5.41, 5.74) is 2.12. The summed E-state index contributed by atoms with van der Waals surface area (Å²) < 4.78 is 7.07. The zero-order valence-electron chi connectivity index (χ0n) is 15.6. The van der Waals surface area contributed by atoms with Crippen LogP contribution in [-0.2, 0) is 13.1 Å². The van der Waals surface area contributed by atoms with Gasteiger partial charge < -0.3 is 14.7 Å². The number of urea groups is 1. The molecule has 0 fully saturated rings. The summed E-state index contributed by atoms with van der Waals surface area (Å²) in [6.45, 7) is 5.50. The summed E-state index contributed by atoms with van der Waals surface area (Å²) in [5, 5.41) is 11.0. The average Bonchev–Trinajstić information content (AvgIpc) is 3.26. The maximum absolute atomic E-state index is 12.2. The molecule has 3 aromatic heterocycles. The van der Waals surface area contributed by atoms with Crippen LogP contribution in [0.25, 0.3) is 11.6 Å². The molecule has 0 radical (unpaired) electrons. The van der Waals surface area contributed by atoms with E-state index in [-0.39, 0.29) is 18.4 Å². The lowest BCUT2D eigenvalue weighted by Crippen LogP contribution is -2.37. The zero-order chi connectivity index (χ0) is 19.2. The molecule has 0 aromatic carbocycles. The molecule has 2 amide bonds. The molecule has 0 aliphatic rings. The van der Waals surface area contributed by atoms with Crippen molar-refractivity contribution in [1.29, 1.82) is 0 Å². The van der Waals surface area contributed by atoms with E-state index in [1.54, 1.807) is 30.4 Å². The Hall–Kier alpha value is -3.30. The van der Waals surface area contributed by atoms with Crippen LogP contribution >= 0.6 is 0 Å². The number of aromatic nitrogens is 6. The third kappa shape index (κ3) is 4.87. The predicted octanol–water partition coefficient (Wildman–Crippen LogP) is 1.57. The van der Waals surface area contributed by atoms with Gasteiger partial charge in [0.1, 0.15) is 0 Å². The average molecular weight is 370 g/mol. The van der Waals surface area contributed by atoms with E-state index in [4.69, 9.17) is 4.52 Å². The molecular weight excluding hydrogens is 348 g/mol. The summed E-state index contributed by atoms with van der Waals surface area (Å²) in [5.74, 6) is 0.958. The van der Waals surface area contributed by atoms with Crippen molar-refractivity contribution >= 4 is 6.03 Å². The van der Waals surface area contributed by atoms with Gasteiger partial charge in [0, 0.05) is 38.2 Å². The highest BCUT2D eigenvalue weighted by atomic mass is 16.5. The lowest BCUT2D eigenvalue weighted by atomic mass is 10.3. The van der Waals surface area contributed by atoms with Gasteiger partial charge >= 0.3 is 6.03 Å². The largest absolute Gasteiger partial charge is 0.337 e. The van der Waals surface area contributed by atoms with E-state index in [0.29, 0.717) is 18.3 Å². The van der Waals surface area contributed by atoms with E-state index in [1.807, 2.05) is 24.6 Å². The molecule has 3 heterocycles. The van der Waals surface area contributed by atoms with Gasteiger partial charge in [-0.25, -0.2) is 14.8 Å². The summed E-state index contributed by atoms with van der Waals surface area (Å²) in [4.78, 5) is 26.1. The molecule has 0 bridgehead atoms. The Bertz CT molecular complexity index is 889. The number of hydrogen-bond acceptors (Lipinski definition) is 7. The first-order chi connectivity index (χ1) is 13.0. The van der Waals surface area contributed by atoms with Crippen LogP contribution in [0, 0.1) is 13.8 Å². The third-order valence-electron chi connectivity index (χ3n) is 3.94. The summed E-state index contributed by atoms with van der Waals surface area (Å²) in [6.07, 6.45) is 4.00.